The molecular weight excluding hydrogens is 1570 g/mol. The molecule has 24 rings (SSSR count). The van der Waals surface area contributed by atoms with E-state index < -0.39 is 142 Å². The van der Waals surface area contributed by atoms with E-state index in [1.165, 1.54) is 16.0 Å². The quantitative estimate of drug-likeness (QED) is 0.0959. The Morgan fingerprint density at radius 2 is 0.492 bits per heavy atom. The van der Waals surface area contributed by atoms with E-state index in [-0.39, 0.29) is 52.1 Å². The summed E-state index contributed by atoms with van der Waals surface area (Å²) in [5, 5.41) is 3.65. The lowest BCUT2D eigenvalue weighted by Crippen LogP contribution is -2.16. The van der Waals surface area contributed by atoms with Crippen molar-refractivity contribution < 1.29 is 28.8 Å². The smallest absolute Gasteiger partial charge is 0.0645 e. The van der Waals surface area contributed by atoms with Crippen molar-refractivity contribution in [1.29, 1.82) is 0 Å². The van der Waals surface area contributed by atoms with Crippen LogP contribution in [0.1, 0.15) is 78.7 Å². The predicted molar refractivity (Wildman–Crippen MR) is 550 cm³/mol. The van der Waals surface area contributed by atoms with Gasteiger partial charge in [-0.25, -0.2) is 0 Å². The third-order valence-electron chi connectivity index (χ3n) is 25.7. The van der Waals surface area contributed by atoms with E-state index in [9.17, 15) is 17.8 Å². The fraction of sp³-hybridized carbons (Fsp3) is 0.0476. The van der Waals surface area contributed by atoms with Crippen LogP contribution in [0.15, 0.2) is 485 Å². The topological polar surface area (TPSA) is 16.3 Å². The second-order valence-electron chi connectivity index (χ2n) is 33.8. The lowest BCUT2D eigenvalue weighted by molar-refractivity contribution is 0.660. The van der Waals surface area contributed by atoms with Gasteiger partial charge < -0.3 is 18.9 Å². The van der Waals surface area contributed by atoms with E-state index in [0.717, 1.165) is 144 Å². The normalized spacial score (nSPS) is 14.8. The van der Waals surface area contributed by atoms with Gasteiger partial charge in [0, 0.05) is 77.6 Å². The zero-order chi connectivity index (χ0) is 105. The largest absolute Gasteiger partial charge is 0.310 e. The van der Waals surface area contributed by atoms with Gasteiger partial charge in [0.25, 0.3) is 0 Å². The van der Waals surface area contributed by atoms with Crippen LogP contribution in [-0.2, 0) is 10.8 Å². The van der Waals surface area contributed by atoms with Crippen LogP contribution in [0.2, 0.25) is 0 Å². The van der Waals surface area contributed by atoms with Gasteiger partial charge in [-0.1, -0.05) is 391 Å². The molecule has 2 aromatic heterocycles. The minimum atomic E-state index is -0.876. The lowest BCUT2D eigenvalue weighted by atomic mass is 9.82. The first-order valence-electron chi connectivity index (χ1n) is 54.0. The SMILES string of the molecule is [2H]c1c([2H])c(N(c2ccc(-c3ccccc3-c3ccccc3)cc2)c2ccc3c(c2)C(C)(C)c2ccccc2-3)c([2H])c([2H])c1-c1ccc2c(c1)c1ccccc1n2-c1ccccc1-c1ccccc1.[2H]c1c([2H])c([2H])c(-c2c([2H])c([2H])c([2H])c([2H])c2-c2c([2H])c([2H])c(N(c3ccc4c(c3)C(C)(C)c3ccccc3-4)c3c([2H])c([2H])c(-c4ccc5c(c4)c4ccccc4n5-c4ccccc4-c4ccccc4)c([2H])c3[2H])c([2H])c2[2H])c([2H])c1[2H]. The second kappa shape index (κ2) is 32.5. The summed E-state index contributed by atoms with van der Waals surface area (Å²) in [6, 6.07) is 106. The van der Waals surface area contributed by atoms with Crippen molar-refractivity contribution in [3.05, 3.63) is 507 Å². The van der Waals surface area contributed by atoms with Crippen molar-refractivity contribution in [3.8, 4) is 123 Å². The predicted octanol–water partition coefficient (Wildman–Crippen LogP) is 34.5. The van der Waals surface area contributed by atoms with Crippen LogP contribution >= 0.6 is 0 Å². The maximum atomic E-state index is 9.92. The maximum Gasteiger partial charge on any atom is 0.0645 e. The van der Waals surface area contributed by atoms with Crippen molar-refractivity contribution in [2.75, 3.05) is 9.80 Å². The average molecular weight is 1680 g/mol. The van der Waals surface area contributed by atoms with E-state index in [4.69, 9.17) is 11.0 Å². The number of fused-ring (bicyclic) bond motifs is 12. The van der Waals surface area contributed by atoms with E-state index >= 15 is 0 Å². The van der Waals surface area contributed by atoms with Gasteiger partial charge in [-0.3, -0.25) is 0 Å². The third-order valence-corrected chi connectivity index (χ3v) is 25.7. The fourth-order valence-electron chi connectivity index (χ4n) is 19.4. The molecule has 0 bridgehead atoms. The molecule has 2 heterocycles. The van der Waals surface area contributed by atoms with Gasteiger partial charge in [-0.2, -0.15) is 0 Å². The zero-order valence-electron chi connectivity index (χ0n) is 92.4. The van der Waals surface area contributed by atoms with E-state index in [1.54, 1.807) is 18.2 Å². The number of para-hydroxylation sites is 4. The Bertz CT molecular complexity index is 9350. The molecule has 2 aliphatic carbocycles. The first-order chi connectivity index (χ1) is 72.8. The number of hydrogen-bond donors (Lipinski definition) is 0. The maximum absolute atomic E-state index is 9.92. The number of hydrogen-bond acceptors (Lipinski definition) is 2. The summed E-state index contributed by atoms with van der Waals surface area (Å²) < 4.78 is 201. The molecule has 0 atom stereocenters. The molecule has 616 valence electrons. The van der Waals surface area contributed by atoms with Crippen LogP contribution in [0.5, 0.6) is 0 Å². The fourth-order valence-corrected chi connectivity index (χ4v) is 19.4. The van der Waals surface area contributed by atoms with Crippen LogP contribution < -0.4 is 9.80 Å². The molecule has 2 aliphatic rings. The molecule has 4 nitrogen and oxygen atoms in total. The molecule has 0 saturated heterocycles. The second-order valence-corrected chi connectivity index (χ2v) is 33.8. The van der Waals surface area contributed by atoms with Crippen LogP contribution in [0.3, 0.4) is 0 Å². The molecule has 130 heavy (non-hydrogen) atoms. The summed E-state index contributed by atoms with van der Waals surface area (Å²) >= 11 is 0. The number of anilines is 6. The standard InChI is InChI=1S/2C63H46N2/c2*1-63(2)58-26-14-11-24-54(58)55-39-38-50(42-59(55)63)64(49-36-31-46(32-37-49)52-22-10-9-21-51(52)44-17-5-3-6-18-44)48-34-29-43(30-35-48)47-33-40-62-57(41-47)56-25-13-16-28-61(56)65(62)60-27-15-12-23-53(60)45-19-7-4-8-20-45/h2*3-42H,1-2H3/i3D,5D,6D,9D,10D,17D,18D,21D,22D,29D,30D,31D,32D,34D,35D,36D,37D;29D,30D,34D,35D. The molecule has 0 fully saturated rings. The van der Waals surface area contributed by atoms with Gasteiger partial charge >= 0.3 is 0 Å². The molecule has 0 unspecified atom stereocenters. The summed E-state index contributed by atoms with van der Waals surface area (Å²) in [7, 11) is 0. The lowest BCUT2D eigenvalue weighted by Gasteiger charge is -2.28. The molecule has 0 N–H and O–H groups in total. The van der Waals surface area contributed by atoms with Gasteiger partial charge in [-0.05, 0) is 244 Å². The number of aromatic nitrogens is 2. The van der Waals surface area contributed by atoms with Crippen molar-refractivity contribution in [2.45, 2.75) is 38.5 Å². The Morgan fingerprint density at radius 3 is 0.931 bits per heavy atom. The highest BCUT2D eigenvalue weighted by Crippen LogP contribution is 2.54. The highest BCUT2D eigenvalue weighted by molar-refractivity contribution is 6.13. The Labute approximate surface area is 789 Å². The average Bonchev–Trinajstić information content (AvgIpc) is 1.04. The minimum absolute atomic E-state index is 0.0408. The van der Waals surface area contributed by atoms with Gasteiger partial charge in [-0.15, -0.1) is 0 Å². The Morgan fingerprint density at radius 1 is 0.185 bits per heavy atom. The summed E-state index contributed by atoms with van der Waals surface area (Å²) in [4.78, 5) is 3.09. The molecular formula is C126H92N4. The van der Waals surface area contributed by atoms with Crippen LogP contribution in [0.4, 0.5) is 34.1 Å². The van der Waals surface area contributed by atoms with Crippen molar-refractivity contribution in [2.24, 2.45) is 0 Å². The van der Waals surface area contributed by atoms with Crippen LogP contribution in [-0.4, -0.2) is 9.13 Å². The molecule has 0 saturated carbocycles. The molecule has 0 radical (unpaired) electrons. The summed E-state index contributed by atoms with van der Waals surface area (Å²) in [6.07, 6.45) is 0. The molecule has 0 aliphatic heterocycles. The van der Waals surface area contributed by atoms with Gasteiger partial charge in [0.05, 0.1) is 62.2 Å². The summed E-state index contributed by atoms with van der Waals surface area (Å²) in [5.41, 5.74) is 21.1. The Hall–Kier alpha value is -16.4. The minimum Gasteiger partial charge on any atom is -0.310 e. The van der Waals surface area contributed by atoms with E-state index in [0.29, 0.717) is 11.1 Å². The molecule has 4 heteroatoms. The number of nitrogens with zero attached hydrogens (tertiary/aromatic N) is 4. The first kappa shape index (κ1) is 58.7. The summed E-state index contributed by atoms with van der Waals surface area (Å²) in [6.45, 7) is 8.52. The van der Waals surface area contributed by atoms with Crippen LogP contribution in [0, 0.1) is 0 Å². The van der Waals surface area contributed by atoms with Gasteiger partial charge in [0.2, 0.25) is 0 Å². The molecule has 0 amide bonds. The zero-order valence-corrected chi connectivity index (χ0v) is 71.4. The van der Waals surface area contributed by atoms with Crippen molar-refractivity contribution in [3.63, 3.8) is 0 Å². The van der Waals surface area contributed by atoms with Crippen molar-refractivity contribution in [1.82, 2.24) is 9.13 Å². The van der Waals surface area contributed by atoms with E-state index in [1.807, 2.05) is 176 Å². The Balaban J connectivity index is 0.000000167. The highest BCUT2D eigenvalue weighted by atomic mass is 15.1. The van der Waals surface area contributed by atoms with E-state index in [2.05, 4.69) is 205 Å². The highest BCUT2D eigenvalue weighted by Gasteiger charge is 2.38. The molecule has 22 aromatic rings. The molecule has 0 spiro atoms. The first-order valence-corrected chi connectivity index (χ1v) is 43.5. The van der Waals surface area contributed by atoms with Crippen molar-refractivity contribution >= 4 is 77.7 Å². The number of benzene rings is 20. The summed E-state index contributed by atoms with van der Waals surface area (Å²) in [5.74, 6) is 0. The Kier molecular flexibility index (Phi) is 14.7. The third kappa shape index (κ3) is 13.7. The monoisotopic (exact) mass is 1680 g/mol. The number of rotatable bonds is 16. The van der Waals surface area contributed by atoms with Gasteiger partial charge in [0.15, 0.2) is 0 Å². The van der Waals surface area contributed by atoms with Gasteiger partial charge in [0.1, 0.15) is 0 Å². The molecule has 20 aromatic carbocycles. The van der Waals surface area contributed by atoms with Crippen LogP contribution in [0.25, 0.3) is 166 Å².